The van der Waals surface area contributed by atoms with Crippen LogP contribution in [0.3, 0.4) is 0 Å². The summed E-state index contributed by atoms with van der Waals surface area (Å²) < 4.78 is 0. The smallest absolute Gasteiger partial charge is 0.232 e. The van der Waals surface area contributed by atoms with Crippen molar-refractivity contribution < 1.29 is 4.79 Å². The minimum atomic E-state index is 0.197. The summed E-state index contributed by atoms with van der Waals surface area (Å²) in [5.74, 6) is 1.24. The van der Waals surface area contributed by atoms with Gasteiger partial charge < -0.3 is 4.90 Å². The van der Waals surface area contributed by atoms with E-state index >= 15 is 0 Å². The van der Waals surface area contributed by atoms with Crippen LogP contribution < -0.4 is 0 Å². The van der Waals surface area contributed by atoms with E-state index in [1.807, 2.05) is 37.4 Å². The van der Waals surface area contributed by atoms with Gasteiger partial charge in [0.2, 0.25) is 5.91 Å². The minimum absolute atomic E-state index is 0.197. The van der Waals surface area contributed by atoms with E-state index in [9.17, 15) is 4.79 Å². The molecule has 3 heteroatoms. The van der Waals surface area contributed by atoms with Crippen molar-refractivity contribution in [3.8, 4) is 0 Å². The van der Waals surface area contributed by atoms with Crippen LogP contribution in [0.1, 0.15) is 13.8 Å². The fourth-order valence-corrected chi connectivity index (χ4v) is 2.28. The number of thioether (sulfide) groups is 1. The van der Waals surface area contributed by atoms with Gasteiger partial charge in [0.25, 0.3) is 0 Å². The largest absolute Gasteiger partial charge is 0.345 e. The average molecular weight is 237 g/mol. The zero-order chi connectivity index (χ0) is 12.0. The third-order valence-electron chi connectivity index (χ3n) is 2.17. The molecule has 0 saturated heterocycles. The van der Waals surface area contributed by atoms with E-state index < -0.39 is 0 Å². The lowest BCUT2D eigenvalue weighted by atomic mass is 10.2. The van der Waals surface area contributed by atoms with Crippen LogP contribution in [0.5, 0.6) is 0 Å². The Morgan fingerprint density at radius 1 is 1.31 bits per heavy atom. The van der Waals surface area contributed by atoms with Gasteiger partial charge in [0.15, 0.2) is 0 Å². The number of hydrogen-bond donors (Lipinski definition) is 0. The Bertz CT molecular complexity index is 324. The van der Waals surface area contributed by atoms with Crippen molar-refractivity contribution in [1.29, 1.82) is 0 Å². The molecule has 16 heavy (non-hydrogen) atoms. The van der Waals surface area contributed by atoms with Gasteiger partial charge in [-0.25, -0.2) is 0 Å². The predicted octanol–water partition coefficient (Wildman–Crippen LogP) is 2.89. The van der Waals surface area contributed by atoms with Gasteiger partial charge in [-0.15, -0.1) is 11.8 Å². The van der Waals surface area contributed by atoms with Crippen LogP contribution in [0, 0.1) is 5.92 Å². The number of nitrogens with zero attached hydrogens (tertiary/aromatic N) is 1. The van der Waals surface area contributed by atoms with Crippen molar-refractivity contribution >= 4 is 17.7 Å². The van der Waals surface area contributed by atoms with Gasteiger partial charge in [-0.1, -0.05) is 32.0 Å². The molecule has 0 heterocycles. The van der Waals surface area contributed by atoms with Crippen molar-refractivity contribution in [3.63, 3.8) is 0 Å². The average Bonchev–Trinajstić information content (AvgIpc) is 2.26. The summed E-state index contributed by atoms with van der Waals surface area (Å²) in [6.07, 6.45) is 0. The molecule has 0 aromatic heterocycles. The molecule has 0 N–H and O–H groups in total. The summed E-state index contributed by atoms with van der Waals surface area (Å²) in [6.45, 7) is 5.07. The number of amides is 1. The molecule has 1 rings (SSSR count). The van der Waals surface area contributed by atoms with Crippen molar-refractivity contribution in [2.75, 3.05) is 19.3 Å². The van der Waals surface area contributed by atoms with Crippen LogP contribution in [-0.4, -0.2) is 30.2 Å². The van der Waals surface area contributed by atoms with Crippen molar-refractivity contribution in [2.45, 2.75) is 18.7 Å². The Balaban J connectivity index is 2.35. The summed E-state index contributed by atoms with van der Waals surface area (Å²) in [6, 6.07) is 10.0. The van der Waals surface area contributed by atoms with Crippen LogP contribution >= 0.6 is 11.8 Å². The number of benzene rings is 1. The molecule has 1 amide bonds. The molecule has 0 atom stereocenters. The Morgan fingerprint density at radius 3 is 2.50 bits per heavy atom. The molecule has 1 aromatic rings. The highest BCUT2D eigenvalue weighted by Gasteiger charge is 2.10. The van der Waals surface area contributed by atoms with Crippen LogP contribution in [-0.2, 0) is 4.79 Å². The second-order valence-electron chi connectivity index (χ2n) is 4.27. The summed E-state index contributed by atoms with van der Waals surface area (Å²) >= 11 is 1.59. The highest BCUT2D eigenvalue weighted by atomic mass is 32.2. The quantitative estimate of drug-likeness (QED) is 0.734. The maximum atomic E-state index is 11.8. The lowest BCUT2D eigenvalue weighted by molar-refractivity contribution is -0.127. The molecule has 0 aliphatic rings. The molecule has 0 unspecified atom stereocenters. The van der Waals surface area contributed by atoms with E-state index in [0.29, 0.717) is 11.7 Å². The summed E-state index contributed by atoms with van der Waals surface area (Å²) in [4.78, 5) is 14.7. The summed E-state index contributed by atoms with van der Waals surface area (Å²) in [5.41, 5.74) is 0. The Morgan fingerprint density at radius 2 is 1.94 bits per heavy atom. The molecule has 2 nitrogen and oxygen atoms in total. The fraction of sp³-hybridized carbons (Fsp3) is 0.462. The summed E-state index contributed by atoms with van der Waals surface area (Å²) in [7, 11) is 1.87. The molecule has 88 valence electrons. The first kappa shape index (κ1) is 13.1. The second kappa shape index (κ2) is 6.59. The Kier molecular flexibility index (Phi) is 5.39. The first-order chi connectivity index (χ1) is 7.59. The molecule has 0 bridgehead atoms. The predicted molar refractivity (Wildman–Crippen MR) is 69.6 cm³/mol. The van der Waals surface area contributed by atoms with E-state index in [0.717, 1.165) is 11.4 Å². The number of carbonyl (C=O) groups excluding carboxylic acids is 1. The molecule has 0 aliphatic heterocycles. The van der Waals surface area contributed by atoms with Crippen LogP contribution in [0.25, 0.3) is 0 Å². The standard InChI is InChI=1S/C13H19NOS/c1-11(2)9-14(3)13(15)10-16-12-7-5-4-6-8-12/h4-8,11H,9-10H2,1-3H3. The third-order valence-corrected chi connectivity index (χ3v) is 3.17. The van der Waals surface area contributed by atoms with Crippen molar-refractivity contribution in [2.24, 2.45) is 5.92 Å². The van der Waals surface area contributed by atoms with Gasteiger partial charge in [-0.2, -0.15) is 0 Å². The summed E-state index contributed by atoms with van der Waals surface area (Å²) in [5, 5.41) is 0. The maximum Gasteiger partial charge on any atom is 0.232 e. The fourth-order valence-electron chi connectivity index (χ4n) is 1.42. The molecule has 0 radical (unpaired) electrons. The van der Waals surface area contributed by atoms with Gasteiger partial charge in [0, 0.05) is 18.5 Å². The topological polar surface area (TPSA) is 20.3 Å². The van der Waals surface area contributed by atoms with E-state index in [1.165, 1.54) is 0 Å². The zero-order valence-corrected chi connectivity index (χ0v) is 11.0. The maximum absolute atomic E-state index is 11.8. The first-order valence-corrected chi connectivity index (χ1v) is 6.50. The molecule has 0 saturated carbocycles. The van der Waals surface area contributed by atoms with Crippen LogP contribution in [0.2, 0.25) is 0 Å². The van der Waals surface area contributed by atoms with Gasteiger partial charge >= 0.3 is 0 Å². The Hall–Kier alpha value is -0.960. The highest BCUT2D eigenvalue weighted by Crippen LogP contribution is 2.17. The normalized spacial score (nSPS) is 10.5. The lowest BCUT2D eigenvalue weighted by Crippen LogP contribution is -2.31. The molecule has 1 aromatic carbocycles. The molecular formula is C13H19NOS. The van der Waals surface area contributed by atoms with Gasteiger partial charge in [0.05, 0.1) is 5.75 Å². The number of rotatable bonds is 5. The molecule has 0 spiro atoms. The Labute approximate surface area is 102 Å². The molecular weight excluding hydrogens is 218 g/mol. The van der Waals surface area contributed by atoms with Crippen molar-refractivity contribution in [1.82, 2.24) is 4.90 Å². The van der Waals surface area contributed by atoms with E-state index in [1.54, 1.807) is 16.7 Å². The zero-order valence-electron chi connectivity index (χ0n) is 10.1. The highest BCUT2D eigenvalue weighted by molar-refractivity contribution is 8.00. The van der Waals surface area contributed by atoms with Gasteiger partial charge in [0.1, 0.15) is 0 Å². The number of carbonyl (C=O) groups is 1. The van der Waals surface area contributed by atoms with Gasteiger partial charge in [-0.05, 0) is 18.1 Å². The van der Waals surface area contributed by atoms with E-state index in [-0.39, 0.29) is 5.91 Å². The molecule has 0 fully saturated rings. The molecule has 0 aliphatic carbocycles. The SMILES string of the molecule is CC(C)CN(C)C(=O)CSc1ccccc1. The second-order valence-corrected chi connectivity index (χ2v) is 5.32. The van der Waals surface area contributed by atoms with Crippen molar-refractivity contribution in [3.05, 3.63) is 30.3 Å². The monoisotopic (exact) mass is 237 g/mol. The van der Waals surface area contributed by atoms with Crippen LogP contribution in [0.4, 0.5) is 0 Å². The van der Waals surface area contributed by atoms with Crippen LogP contribution in [0.15, 0.2) is 35.2 Å². The first-order valence-electron chi connectivity index (χ1n) is 5.51. The van der Waals surface area contributed by atoms with E-state index in [2.05, 4.69) is 13.8 Å². The third kappa shape index (κ3) is 4.71. The van der Waals surface area contributed by atoms with E-state index in [4.69, 9.17) is 0 Å². The minimum Gasteiger partial charge on any atom is -0.345 e. The van der Waals surface area contributed by atoms with Gasteiger partial charge in [-0.3, -0.25) is 4.79 Å². The number of hydrogen-bond acceptors (Lipinski definition) is 2. The lowest BCUT2D eigenvalue weighted by Gasteiger charge is -2.19.